The molecule has 41 heavy (non-hydrogen) atoms. The lowest BCUT2D eigenvalue weighted by molar-refractivity contribution is 0.0497. The average Bonchev–Trinajstić information content (AvgIpc) is 3.01. The maximum Gasteiger partial charge on any atom is 0.343 e. The molecule has 3 rings (SSSR count). The number of carbonyl (C=O) groups excluding carboxylic acids is 2. The minimum atomic E-state index is -0.437. The van der Waals surface area contributed by atoms with Gasteiger partial charge >= 0.3 is 11.9 Å². The van der Waals surface area contributed by atoms with Gasteiger partial charge in [-0.05, 0) is 78.9 Å². The maximum absolute atomic E-state index is 12.6. The topological polar surface area (TPSA) is 61.8 Å². The molecule has 0 spiro atoms. The van der Waals surface area contributed by atoms with E-state index in [0.29, 0.717) is 35.8 Å². The Labute approximate surface area is 245 Å². The smallest absolute Gasteiger partial charge is 0.343 e. The lowest BCUT2D eigenvalue weighted by Gasteiger charge is -2.09. The summed E-state index contributed by atoms with van der Waals surface area (Å²) < 4.78 is 16.7. The molecule has 0 heterocycles. The number of esters is 2. The summed E-state index contributed by atoms with van der Waals surface area (Å²) in [5.74, 6) is 3.04. The lowest BCUT2D eigenvalue weighted by atomic mass is 10.0. The predicted molar refractivity (Wildman–Crippen MR) is 164 cm³/mol. The summed E-state index contributed by atoms with van der Waals surface area (Å²) in [5.41, 5.74) is 2.89. The Hall–Kier alpha value is -4.04. The first-order chi connectivity index (χ1) is 20.1. The number of hydrogen-bond acceptors (Lipinski definition) is 5. The fourth-order valence-electron chi connectivity index (χ4n) is 4.37. The fourth-order valence-corrected chi connectivity index (χ4v) is 4.37. The molecule has 0 fully saturated rings. The molecule has 0 N–H and O–H groups in total. The Morgan fingerprint density at radius 1 is 0.610 bits per heavy atom. The molecule has 0 radical (unpaired) electrons. The Bertz CT molecular complexity index is 1220. The van der Waals surface area contributed by atoms with Crippen LogP contribution in [0.4, 0.5) is 0 Å². The van der Waals surface area contributed by atoms with Gasteiger partial charge in [-0.3, -0.25) is 0 Å². The highest BCUT2D eigenvalue weighted by Crippen LogP contribution is 2.24. The second kappa shape index (κ2) is 18.3. The van der Waals surface area contributed by atoms with Gasteiger partial charge in [0.1, 0.15) is 11.5 Å². The van der Waals surface area contributed by atoms with Gasteiger partial charge in [-0.15, -0.1) is 12.3 Å². The van der Waals surface area contributed by atoms with Crippen LogP contribution in [0.15, 0.2) is 72.8 Å². The van der Waals surface area contributed by atoms with Gasteiger partial charge < -0.3 is 14.2 Å². The van der Waals surface area contributed by atoms with Crippen LogP contribution in [-0.4, -0.2) is 25.2 Å². The highest BCUT2D eigenvalue weighted by atomic mass is 16.5. The number of rotatable bonds is 18. The largest absolute Gasteiger partial charge is 0.494 e. The summed E-state index contributed by atoms with van der Waals surface area (Å²) in [5, 5.41) is 0. The monoisotopic (exact) mass is 554 g/mol. The van der Waals surface area contributed by atoms with Crippen molar-refractivity contribution in [1.82, 2.24) is 0 Å². The van der Waals surface area contributed by atoms with Crippen molar-refractivity contribution >= 4 is 11.9 Å². The molecule has 0 aliphatic carbocycles. The van der Waals surface area contributed by atoms with Gasteiger partial charge in [0.2, 0.25) is 0 Å². The molecule has 0 amide bonds. The van der Waals surface area contributed by atoms with Crippen molar-refractivity contribution < 1.29 is 23.8 Å². The highest BCUT2D eigenvalue weighted by Gasteiger charge is 2.10. The van der Waals surface area contributed by atoms with Crippen LogP contribution in [0.3, 0.4) is 0 Å². The Morgan fingerprint density at radius 3 is 1.76 bits per heavy atom. The molecule has 5 nitrogen and oxygen atoms in total. The van der Waals surface area contributed by atoms with Crippen LogP contribution in [0.25, 0.3) is 11.1 Å². The fraction of sp³-hybridized carbons (Fsp3) is 0.389. The third-order valence-electron chi connectivity index (χ3n) is 6.82. The number of carbonyl (C=O) groups is 2. The third-order valence-corrected chi connectivity index (χ3v) is 6.82. The van der Waals surface area contributed by atoms with Crippen LogP contribution in [0.1, 0.15) is 98.3 Å². The first-order valence-corrected chi connectivity index (χ1v) is 14.9. The summed E-state index contributed by atoms with van der Waals surface area (Å²) in [7, 11) is 0. The first-order valence-electron chi connectivity index (χ1n) is 14.9. The SMILES string of the molecule is C#CCCCCOc1ccc(C(=O)Oc2ccc(-c3ccc(C(=O)OCCCCCCCCCC)cc3)cc2)cc1. The van der Waals surface area contributed by atoms with Crippen LogP contribution in [0, 0.1) is 12.3 Å². The molecule has 0 saturated carbocycles. The molecular formula is C36H42O5. The van der Waals surface area contributed by atoms with Crippen molar-refractivity contribution in [3.8, 4) is 35.0 Å². The first kappa shape index (κ1) is 31.5. The molecule has 3 aromatic rings. The van der Waals surface area contributed by atoms with Gasteiger partial charge in [-0.1, -0.05) is 76.1 Å². The molecule has 216 valence electrons. The average molecular weight is 555 g/mol. The molecule has 0 aromatic heterocycles. The van der Waals surface area contributed by atoms with E-state index in [1.165, 1.54) is 38.5 Å². The van der Waals surface area contributed by atoms with Crippen molar-refractivity contribution in [3.05, 3.63) is 83.9 Å². The van der Waals surface area contributed by atoms with Crippen LogP contribution < -0.4 is 9.47 Å². The van der Waals surface area contributed by atoms with E-state index < -0.39 is 5.97 Å². The van der Waals surface area contributed by atoms with E-state index in [-0.39, 0.29) is 5.97 Å². The molecule has 0 saturated heterocycles. The molecule has 5 heteroatoms. The van der Waals surface area contributed by atoms with Crippen molar-refractivity contribution in [2.45, 2.75) is 77.6 Å². The van der Waals surface area contributed by atoms with Crippen molar-refractivity contribution in [3.63, 3.8) is 0 Å². The van der Waals surface area contributed by atoms with Gasteiger partial charge in [-0.2, -0.15) is 0 Å². The zero-order chi connectivity index (χ0) is 29.1. The zero-order valence-electron chi connectivity index (χ0n) is 24.2. The quantitative estimate of drug-likeness (QED) is 0.0679. The number of hydrogen-bond donors (Lipinski definition) is 0. The summed E-state index contributed by atoms with van der Waals surface area (Å²) in [6.07, 6.45) is 17.5. The minimum absolute atomic E-state index is 0.290. The lowest BCUT2D eigenvalue weighted by Crippen LogP contribution is -2.08. The second-order valence-corrected chi connectivity index (χ2v) is 10.1. The van der Waals surface area contributed by atoms with Gasteiger partial charge in [0.25, 0.3) is 0 Å². The number of unbranched alkanes of at least 4 members (excludes halogenated alkanes) is 9. The van der Waals surface area contributed by atoms with Crippen LogP contribution in [0.2, 0.25) is 0 Å². The van der Waals surface area contributed by atoms with Crippen molar-refractivity contribution in [2.24, 2.45) is 0 Å². The highest BCUT2D eigenvalue weighted by molar-refractivity contribution is 5.91. The summed E-state index contributed by atoms with van der Waals surface area (Å²) in [4.78, 5) is 24.9. The summed E-state index contributed by atoms with van der Waals surface area (Å²) in [6, 6.07) is 21.5. The van der Waals surface area contributed by atoms with E-state index in [9.17, 15) is 9.59 Å². The van der Waals surface area contributed by atoms with Crippen LogP contribution in [-0.2, 0) is 4.74 Å². The van der Waals surface area contributed by atoms with Crippen LogP contribution in [0.5, 0.6) is 11.5 Å². The molecule has 0 unspecified atom stereocenters. The van der Waals surface area contributed by atoms with E-state index in [1.807, 2.05) is 24.3 Å². The zero-order valence-corrected chi connectivity index (χ0v) is 24.2. The molecular weight excluding hydrogens is 512 g/mol. The van der Waals surface area contributed by atoms with E-state index in [2.05, 4.69) is 12.8 Å². The summed E-state index contributed by atoms with van der Waals surface area (Å²) in [6.45, 7) is 3.27. The number of terminal acetylenes is 1. The Balaban J connectivity index is 1.40. The molecule has 0 atom stereocenters. The van der Waals surface area contributed by atoms with Gasteiger partial charge in [0, 0.05) is 6.42 Å². The van der Waals surface area contributed by atoms with Crippen molar-refractivity contribution in [1.29, 1.82) is 0 Å². The summed E-state index contributed by atoms with van der Waals surface area (Å²) >= 11 is 0. The molecule has 0 bridgehead atoms. The standard InChI is InChI=1S/C36H42O5/c1-3-5-7-9-10-11-12-14-28-40-35(37)31-17-15-29(16-18-31)30-19-25-34(26-20-30)41-36(38)32-21-23-33(24-22-32)39-27-13-8-6-4-2/h2,15-26H,3,5-14,27-28H2,1H3. The van der Waals surface area contributed by atoms with Crippen molar-refractivity contribution in [2.75, 3.05) is 13.2 Å². The van der Waals surface area contributed by atoms with Gasteiger partial charge in [-0.25, -0.2) is 9.59 Å². The number of ether oxygens (including phenoxy) is 3. The van der Waals surface area contributed by atoms with Crippen LogP contribution >= 0.6 is 0 Å². The Kier molecular flexibility index (Phi) is 14.1. The minimum Gasteiger partial charge on any atom is -0.494 e. The van der Waals surface area contributed by atoms with Gasteiger partial charge in [0.05, 0.1) is 24.3 Å². The molecule has 0 aliphatic rings. The van der Waals surface area contributed by atoms with E-state index >= 15 is 0 Å². The molecule has 0 aliphatic heterocycles. The Morgan fingerprint density at radius 2 is 1.12 bits per heavy atom. The number of benzene rings is 3. The van der Waals surface area contributed by atoms with E-state index in [1.54, 1.807) is 48.5 Å². The van der Waals surface area contributed by atoms with E-state index in [0.717, 1.165) is 43.2 Å². The normalized spacial score (nSPS) is 10.5. The third kappa shape index (κ3) is 11.5. The maximum atomic E-state index is 12.6. The van der Waals surface area contributed by atoms with E-state index in [4.69, 9.17) is 20.6 Å². The molecule has 3 aromatic carbocycles. The second-order valence-electron chi connectivity index (χ2n) is 10.1. The predicted octanol–water partition coefficient (Wildman–Crippen LogP) is 9.05. The van der Waals surface area contributed by atoms with Gasteiger partial charge in [0.15, 0.2) is 0 Å².